The fourth-order valence-corrected chi connectivity index (χ4v) is 6.98. The Kier molecular flexibility index (Phi) is 5.62. The predicted molar refractivity (Wildman–Crippen MR) is 141 cm³/mol. The molecule has 3 heterocycles. The van der Waals surface area contributed by atoms with E-state index in [1.54, 1.807) is 9.91 Å². The van der Waals surface area contributed by atoms with Crippen molar-refractivity contribution in [3.8, 4) is 11.5 Å². The summed E-state index contributed by atoms with van der Waals surface area (Å²) < 4.78 is 14.8. The van der Waals surface area contributed by atoms with Gasteiger partial charge in [-0.15, -0.1) is 0 Å². The maximum Gasteiger partial charge on any atom is 0.365 e. The molecule has 0 aromatic heterocycles. The van der Waals surface area contributed by atoms with E-state index in [-0.39, 0.29) is 17.7 Å². The summed E-state index contributed by atoms with van der Waals surface area (Å²) in [6, 6.07) is 24.3. The topological polar surface area (TPSA) is 80.7 Å². The first-order valence-corrected chi connectivity index (χ1v) is 12.6. The molecule has 1 atom stereocenters. The number of anilines is 2. The van der Waals surface area contributed by atoms with E-state index in [0.29, 0.717) is 22.1 Å². The van der Waals surface area contributed by atoms with Gasteiger partial charge in [-0.1, -0.05) is 54.2 Å². The first-order valence-electron chi connectivity index (χ1n) is 11.0. The number of thioether (sulfide) groups is 2. The van der Waals surface area contributed by atoms with Gasteiger partial charge in [-0.2, -0.15) is 5.10 Å². The molecule has 0 radical (unpaired) electrons. The number of hydrogen-bond donors (Lipinski definition) is 0. The monoisotopic (exact) mass is 517 g/mol. The highest BCUT2D eigenvalue weighted by atomic mass is 32.2. The van der Waals surface area contributed by atoms with Crippen molar-refractivity contribution in [2.75, 3.05) is 23.8 Å². The lowest BCUT2D eigenvalue weighted by atomic mass is 10.2. The van der Waals surface area contributed by atoms with Crippen molar-refractivity contribution in [3.63, 3.8) is 0 Å². The molecule has 6 rings (SSSR count). The van der Waals surface area contributed by atoms with Gasteiger partial charge in [-0.3, -0.25) is 9.69 Å². The highest BCUT2D eigenvalue weighted by Gasteiger charge is 2.60. The summed E-state index contributed by atoms with van der Waals surface area (Å²) in [6.45, 7) is 0.171. The molecule has 8 nitrogen and oxygen atoms in total. The molecule has 180 valence electrons. The van der Waals surface area contributed by atoms with E-state index >= 15 is 0 Å². The highest BCUT2D eigenvalue weighted by Crippen LogP contribution is 2.59. The van der Waals surface area contributed by atoms with Gasteiger partial charge >= 0.3 is 5.97 Å². The molecule has 1 spiro atoms. The van der Waals surface area contributed by atoms with Gasteiger partial charge in [0.25, 0.3) is 5.91 Å². The van der Waals surface area contributed by atoms with Crippen LogP contribution in [-0.2, 0) is 14.3 Å². The highest BCUT2D eigenvalue weighted by molar-refractivity contribution is 8.29. The van der Waals surface area contributed by atoms with Gasteiger partial charge in [0, 0.05) is 5.69 Å². The smallest absolute Gasteiger partial charge is 0.365 e. The van der Waals surface area contributed by atoms with Crippen LogP contribution in [-0.4, -0.2) is 35.1 Å². The molecular weight excluding hydrogens is 498 g/mol. The van der Waals surface area contributed by atoms with E-state index in [9.17, 15) is 9.59 Å². The van der Waals surface area contributed by atoms with Crippen molar-refractivity contribution in [1.82, 2.24) is 0 Å². The third-order valence-corrected chi connectivity index (χ3v) is 8.39. The zero-order chi connectivity index (χ0) is 24.7. The molecule has 3 aliphatic rings. The molecule has 0 unspecified atom stereocenters. The Balaban J connectivity index is 1.49. The molecule has 1 fully saturated rings. The molecule has 0 bridgehead atoms. The van der Waals surface area contributed by atoms with Crippen LogP contribution < -0.4 is 19.4 Å². The summed E-state index contributed by atoms with van der Waals surface area (Å²) in [4.78, 5) is 28.8. The van der Waals surface area contributed by atoms with Crippen LogP contribution in [0.5, 0.6) is 11.5 Å². The van der Waals surface area contributed by atoms with Gasteiger partial charge in [-0.05, 0) is 59.8 Å². The van der Waals surface area contributed by atoms with E-state index in [4.69, 9.17) is 14.2 Å². The predicted octanol–water partition coefficient (Wildman–Crippen LogP) is 4.89. The quantitative estimate of drug-likeness (QED) is 0.358. The fraction of sp³-hybridized carbons (Fsp3) is 0.115. The van der Waals surface area contributed by atoms with Crippen LogP contribution >= 0.6 is 23.5 Å². The Morgan fingerprint density at radius 2 is 1.67 bits per heavy atom. The lowest BCUT2D eigenvalue weighted by Crippen LogP contribution is -2.51. The number of ether oxygens (including phenoxy) is 3. The lowest BCUT2D eigenvalue weighted by molar-refractivity contribution is -0.132. The second kappa shape index (κ2) is 8.96. The summed E-state index contributed by atoms with van der Waals surface area (Å²) in [5, 5.41) is 6.49. The number of para-hydroxylation sites is 2. The number of carbonyl (C=O) groups excluding carboxylic acids is 2. The average molecular weight is 518 g/mol. The fourth-order valence-electron chi connectivity index (χ4n) is 4.08. The molecule has 0 saturated carbocycles. The minimum absolute atomic E-state index is 0.159. The number of esters is 1. The number of amides is 1. The number of benzene rings is 3. The number of hydrogen-bond acceptors (Lipinski definition) is 9. The molecule has 10 heteroatoms. The van der Waals surface area contributed by atoms with E-state index in [2.05, 4.69) is 5.10 Å². The number of fused-ring (bicyclic) bond motifs is 1. The van der Waals surface area contributed by atoms with Crippen LogP contribution in [0.3, 0.4) is 0 Å². The van der Waals surface area contributed by atoms with Gasteiger partial charge in [0.1, 0.15) is 0 Å². The lowest BCUT2D eigenvalue weighted by Gasteiger charge is -2.38. The van der Waals surface area contributed by atoms with Crippen molar-refractivity contribution in [1.29, 1.82) is 0 Å². The minimum atomic E-state index is -1.12. The molecule has 3 aliphatic heterocycles. The Labute approximate surface area is 215 Å². The Bertz CT molecular complexity index is 1410. The molecule has 0 aliphatic carbocycles. The van der Waals surface area contributed by atoms with Crippen molar-refractivity contribution >= 4 is 57.9 Å². The molecular formula is C26H19N3O5S2. The van der Waals surface area contributed by atoms with Crippen LogP contribution in [0, 0.1) is 0 Å². The molecule has 3 aromatic rings. The average Bonchev–Trinajstić information content (AvgIpc) is 3.60. The Morgan fingerprint density at radius 3 is 2.39 bits per heavy atom. The number of nitrogens with zero attached hydrogens (tertiary/aromatic N) is 3. The van der Waals surface area contributed by atoms with E-state index < -0.39 is 10.3 Å². The third kappa shape index (κ3) is 3.69. The molecule has 3 aromatic carbocycles. The van der Waals surface area contributed by atoms with Gasteiger partial charge in [0.2, 0.25) is 16.2 Å². The Morgan fingerprint density at radius 1 is 0.972 bits per heavy atom. The minimum Gasteiger partial charge on any atom is -0.464 e. The largest absolute Gasteiger partial charge is 0.464 e. The van der Waals surface area contributed by atoms with Crippen LogP contribution in [0.4, 0.5) is 11.4 Å². The third-order valence-electron chi connectivity index (χ3n) is 5.70. The summed E-state index contributed by atoms with van der Waals surface area (Å²) in [7, 11) is 1.32. The van der Waals surface area contributed by atoms with Gasteiger partial charge in [-0.25, -0.2) is 9.80 Å². The standard InChI is InChI=1S/C26H19N3O5S2/c1-32-25(31)23-27-29(19-10-6-3-7-11-19)26(36-23)28(18-8-4-2-5-9-18)24(30)22(35-26)15-17-12-13-20-21(14-17)34-16-33-20/h2-15H,16H2,1H3/b22-15-/t26-/m1/s1. The van der Waals surface area contributed by atoms with E-state index in [1.165, 1.54) is 30.6 Å². The first kappa shape index (κ1) is 22.6. The van der Waals surface area contributed by atoms with Crippen molar-refractivity contribution in [2.24, 2.45) is 5.10 Å². The number of methoxy groups -OCH3 is 1. The number of rotatable bonds is 4. The zero-order valence-electron chi connectivity index (χ0n) is 19.0. The van der Waals surface area contributed by atoms with Gasteiger partial charge < -0.3 is 14.2 Å². The summed E-state index contributed by atoms with van der Waals surface area (Å²) in [5.41, 5.74) is 2.21. The SMILES string of the molecule is COC(=O)C1=NN(c2ccccc2)[C@@]2(S1)S/C(=C\c1ccc3c(c1)OCO3)C(=O)N2c1ccccc1. The first-order chi connectivity index (χ1) is 17.6. The van der Waals surface area contributed by atoms with Gasteiger partial charge in [0.15, 0.2) is 11.5 Å². The second-order valence-electron chi connectivity index (χ2n) is 7.89. The summed E-state index contributed by atoms with van der Waals surface area (Å²) in [5.74, 6) is 0.528. The van der Waals surface area contributed by atoms with Crippen LogP contribution in [0.2, 0.25) is 0 Å². The zero-order valence-corrected chi connectivity index (χ0v) is 20.6. The Hall–Kier alpha value is -3.89. The van der Waals surface area contributed by atoms with E-state index in [1.807, 2.05) is 84.9 Å². The second-order valence-corrected chi connectivity index (χ2v) is 10.5. The normalized spacial score (nSPS) is 21.4. The van der Waals surface area contributed by atoms with Crippen molar-refractivity contribution < 1.29 is 23.8 Å². The van der Waals surface area contributed by atoms with E-state index in [0.717, 1.165) is 11.3 Å². The summed E-state index contributed by atoms with van der Waals surface area (Å²) >= 11 is 2.51. The molecule has 1 amide bonds. The molecule has 36 heavy (non-hydrogen) atoms. The number of carbonyl (C=O) groups is 2. The number of hydrazone groups is 1. The van der Waals surface area contributed by atoms with Crippen molar-refractivity contribution in [2.45, 2.75) is 4.33 Å². The van der Waals surface area contributed by atoms with Crippen LogP contribution in [0.1, 0.15) is 5.56 Å². The maximum atomic E-state index is 14.0. The summed E-state index contributed by atoms with van der Waals surface area (Å²) in [6.07, 6.45) is 1.82. The van der Waals surface area contributed by atoms with Crippen molar-refractivity contribution in [3.05, 3.63) is 89.3 Å². The van der Waals surface area contributed by atoms with Gasteiger partial charge in [0.05, 0.1) is 17.7 Å². The van der Waals surface area contributed by atoms with Crippen LogP contribution in [0.15, 0.2) is 88.9 Å². The molecule has 0 N–H and O–H groups in total. The molecule has 1 saturated heterocycles. The maximum absolute atomic E-state index is 14.0. The van der Waals surface area contributed by atoms with Crippen LogP contribution in [0.25, 0.3) is 6.08 Å².